The maximum absolute atomic E-state index is 12.7. The van der Waals surface area contributed by atoms with Gasteiger partial charge in [0.05, 0.1) is 6.04 Å². The number of unbranched alkanes of at least 4 members (excludes halogenated alkanes) is 1. The number of aryl methyl sites for hydroxylation is 1. The van der Waals surface area contributed by atoms with Crippen LogP contribution in [0.1, 0.15) is 66.8 Å². The molecule has 2 rings (SSSR count). The average Bonchev–Trinajstić information content (AvgIpc) is 2.63. The van der Waals surface area contributed by atoms with Crippen LogP contribution in [0, 0.1) is 5.92 Å². The fourth-order valence-corrected chi connectivity index (χ4v) is 2.94. The predicted octanol–water partition coefficient (Wildman–Crippen LogP) is 4.86. The second-order valence-corrected chi connectivity index (χ2v) is 7.15. The zero-order valence-electron chi connectivity index (χ0n) is 16.2. The molecule has 1 aromatic carbocycles. The van der Waals surface area contributed by atoms with Gasteiger partial charge in [-0.05, 0) is 42.0 Å². The number of aromatic amines is 1. The number of amides is 1. The molecule has 1 amide bonds. The monoisotopic (exact) mass is 394 g/mol. The molecular weight excluding hydrogens is 369 g/mol. The maximum atomic E-state index is 12.7. The maximum Gasteiger partial charge on any atom is 0.431 e. The molecule has 1 unspecified atom stereocenters. The van der Waals surface area contributed by atoms with E-state index in [1.807, 2.05) is 38.1 Å². The Balaban J connectivity index is 2.20. The molecule has 4 nitrogen and oxygen atoms in total. The lowest BCUT2D eigenvalue weighted by atomic mass is 9.94. The van der Waals surface area contributed by atoms with E-state index in [0.29, 0.717) is 6.07 Å². The van der Waals surface area contributed by atoms with Gasteiger partial charge in [-0.2, -0.15) is 13.2 Å². The van der Waals surface area contributed by atoms with Crippen LogP contribution in [0.5, 0.6) is 0 Å². The normalized spacial score (nSPS) is 12.8. The molecule has 0 aliphatic rings. The fraction of sp³-hybridized carbons (Fsp3) is 0.429. The molecule has 28 heavy (non-hydrogen) atoms. The number of nitrogens with one attached hydrogen (secondary N) is 2. The molecule has 0 aliphatic heterocycles. The Morgan fingerprint density at radius 2 is 1.75 bits per heavy atom. The minimum Gasteiger partial charge on any atom is -0.345 e. The van der Waals surface area contributed by atoms with Gasteiger partial charge in [-0.3, -0.25) is 9.59 Å². The molecule has 1 heterocycles. The van der Waals surface area contributed by atoms with E-state index in [1.165, 1.54) is 5.56 Å². The molecule has 0 bridgehead atoms. The number of pyridine rings is 1. The van der Waals surface area contributed by atoms with Gasteiger partial charge in [0.15, 0.2) is 0 Å². The second-order valence-electron chi connectivity index (χ2n) is 7.15. The molecule has 2 N–H and O–H groups in total. The molecule has 152 valence electrons. The molecule has 1 aromatic heterocycles. The van der Waals surface area contributed by atoms with Gasteiger partial charge >= 0.3 is 6.18 Å². The highest BCUT2D eigenvalue weighted by atomic mass is 19.4. The molecule has 0 saturated carbocycles. The molecule has 1 atom stereocenters. The van der Waals surface area contributed by atoms with Gasteiger partial charge in [0.25, 0.3) is 11.5 Å². The first-order valence-corrected chi connectivity index (χ1v) is 9.33. The predicted molar refractivity (Wildman–Crippen MR) is 102 cm³/mol. The second kappa shape index (κ2) is 9.08. The minimum atomic E-state index is -4.67. The number of carbonyl (C=O) groups excluding carboxylic acids is 1. The van der Waals surface area contributed by atoms with Crippen molar-refractivity contribution in [3.05, 3.63) is 69.1 Å². The molecular formula is C21H25F3N2O2. The summed E-state index contributed by atoms with van der Waals surface area (Å²) in [5, 5.41) is 2.77. The molecule has 0 aliphatic carbocycles. The van der Waals surface area contributed by atoms with Crippen LogP contribution in [-0.2, 0) is 12.6 Å². The third-order valence-electron chi connectivity index (χ3n) is 4.57. The van der Waals surface area contributed by atoms with Crippen LogP contribution in [0.2, 0.25) is 0 Å². The summed E-state index contributed by atoms with van der Waals surface area (Å²) < 4.78 is 38.0. The zero-order chi connectivity index (χ0) is 20.9. The molecule has 7 heteroatoms. The zero-order valence-corrected chi connectivity index (χ0v) is 16.2. The highest BCUT2D eigenvalue weighted by Gasteiger charge is 2.32. The van der Waals surface area contributed by atoms with E-state index in [4.69, 9.17) is 0 Å². The van der Waals surface area contributed by atoms with Crippen LogP contribution in [0.4, 0.5) is 13.2 Å². The number of H-pyrrole nitrogens is 1. The van der Waals surface area contributed by atoms with Crippen LogP contribution in [-0.4, -0.2) is 10.9 Å². The Labute approximate surface area is 162 Å². The first-order valence-electron chi connectivity index (χ1n) is 9.33. The first kappa shape index (κ1) is 21.7. The smallest absolute Gasteiger partial charge is 0.345 e. The van der Waals surface area contributed by atoms with E-state index in [9.17, 15) is 22.8 Å². The number of carbonyl (C=O) groups is 1. The summed E-state index contributed by atoms with van der Waals surface area (Å²) in [6.07, 6.45) is -1.49. The van der Waals surface area contributed by atoms with E-state index in [2.05, 4.69) is 12.2 Å². The SMILES string of the molecule is CCCCc1ccc(C(NC(=O)c2ccc(C(F)(F)F)[nH]c2=O)C(C)C)cc1. The van der Waals surface area contributed by atoms with E-state index >= 15 is 0 Å². The Bertz CT molecular complexity index is 855. The van der Waals surface area contributed by atoms with Crippen LogP contribution in [0.3, 0.4) is 0 Å². The molecule has 0 spiro atoms. The number of hydrogen-bond donors (Lipinski definition) is 2. The highest BCUT2D eigenvalue weighted by Crippen LogP contribution is 2.27. The number of halogens is 3. The number of alkyl halides is 3. The lowest BCUT2D eigenvalue weighted by molar-refractivity contribution is -0.141. The van der Waals surface area contributed by atoms with Crippen LogP contribution < -0.4 is 10.9 Å². The van der Waals surface area contributed by atoms with Gasteiger partial charge in [-0.15, -0.1) is 0 Å². The summed E-state index contributed by atoms with van der Waals surface area (Å²) in [5.74, 6) is -0.678. The van der Waals surface area contributed by atoms with Crippen molar-refractivity contribution in [1.82, 2.24) is 10.3 Å². The minimum absolute atomic E-state index is 0.0268. The van der Waals surface area contributed by atoms with Gasteiger partial charge in [-0.25, -0.2) is 0 Å². The van der Waals surface area contributed by atoms with Gasteiger partial charge < -0.3 is 10.3 Å². The van der Waals surface area contributed by atoms with Gasteiger partial charge in [-0.1, -0.05) is 51.5 Å². The van der Waals surface area contributed by atoms with Gasteiger partial charge in [0.1, 0.15) is 11.3 Å². The standard InChI is InChI=1S/C21H25F3N2O2/c1-4-5-6-14-7-9-15(10-8-14)18(13(2)3)26-20(28)16-11-12-17(21(22,23)24)25-19(16)27/h7-13,18H,4-6H2,1-3H3,(H,25,27)(H,26,28). The Hall–Kier alpha value is -2.57. The van der Waals surface area contributed by atoms with E-state index in [-0.39, 0.29) is 17.5 Å². The number of benzene rings is 1. The van der Waals surface area contributed by atoms with Crippen LogP contribution in [0.15, 0.2) is 41.2 Å². The highest BCUT2D eigenvalue weighted by molar-refractivity contribution is 5.94. The van der Waals surface area contributed by atoms with Crippen LogP contribution >= 0.6 is 0 Å². The van der Waals surface area contributed by atoms with Gasteiger partial charge in [0.2, 0.25) is 0 Å². The number of hydrogen-bond acceptors (Lipinski definition) is 2. The third-order valence-corrected chi connectivity index (χ3v) is 4.57. The van der Waals surface area contributed by atoms with Crippen molar-refractivity contribution >= 4 is 5.91 Å². The molecule has 0 fully saturated rings. The summed E-state index contributed by atoms with van der Waals surface area (Å²) in [7, 11) is 0. The average molecular weight is 394 g/mol. The quantitative estimate of drug-likeness (QED) is 0.704. The molecule has 0 radical (unpaired) electrons. The Kier molecular flexibility index (Phi) is 7.05. The van der Waals surface area contributed by atoms with Crippen molar-refractivity contribution in [3.8, 4) is 0 Å². The summed E-state index contributed by atoms with van der Waals surface area (Å²) in [4.78, 5) is 26.2. The van der Waals surface area contributed by atoms with E-state index < -0.39 is 23.3 Å². The lowest BCUT2D eigenvalue weighted by Gasteiger charge is -2.23. The van der Waals surface area contributed by atoms with Crippen molar-refractivity contribution < 1.29 is 18.0 Å². The summed E-state index contributed by atoms with van der Waals surface area (Å²) in [6.45, 7) is 5.97. The fourth-order valence-electron chi connectivity index (χ4n) is 2.94. The summed E-state index contributed by atoms with van der Waals surface area (Å²) >= 11 is 0. The Morgan fingerprint density at radius 1 is 1.11 bits per heavy atom. The summed E-state index contributed by atoms with van der Waals surface area (Å²) in [5.41, 5.74) is -0.509. The van der Waals surface area contributed by atoms with Gasteiger partial charge in [0, 0.05) is 0 Å². The molecule has 2 aromatic rings. The first-order chi connectivity index (χ1) is 13.1. The number of rotatable bonds is 7. The number of aromatic nitrogens is 1. The van der Waals surface area contributed by atoms with Crippen molar-refractivity contribution in [2.24, 2.45) is 5.92 Å². The van der Waals surface area contributed by atoms with Crippen molar-refractivity contribution in [1.29, 1.82) is 0 Å². The lowest BCUT2D eigenvalue weighted by Crippen LogP contribution is -2.35. The van der Waals surface area contributed by atoms with E-state index in [1.54, 1.807) is 4.98 Å². The largest absolute Gasteiger partial charge is 0.431 e. The van der Waals surface area contributed by atoms with Crippen molar-refractivity contribution in [2.45, 2.75) is 52.3 Å². The topological polar surface area (TPSA) is 62.0 Å². The van der Waals surface area contributed by atoms with Crippen molar-refractivity contribution in [2.75, 3.05) is 0 Å². The van der Waals surface area contributed by atoms with E-state index in [0.717, 1.165) is 30.9 Å². The van der Waals surface area contributed by atoms with Crippen LogP contribution in [0.25, 0.3) is 0 Å². The summed E-state index contributed by atoms with van der Waals surface area (Å²) in [6, 6.07) is 9.13. The van der Waals surface area contributed by atoms with Crippen molar-refractivity contribution in [3.63, 3.8) is 0 Å². The molecule has 0 saturated heterocycles. The third kappa shape index (κ3) is 5.47. The Morgan fingerprint density at radius 3 is 2.25 bits per heavy atom.